The average molecular weight is 459 g/mol. The molecule has 0 aliphatic carbocycles. The highest BCUT2D eigenvalue weighted by molar-refractivity contribution is 7.89. The molecule has 0 spiro atoms. The van der Waals surface area contributed by atoms with Crippen LogP contribution < -0.4 is 5.32 Å². The van der Waals surface area contributed by atoms with Crippen LogP contribution in [-0.4, -0.2) is 44.3 Å². The Morgan fingerprint density at radius 2 is 1.66 bits per heavy atom. The number of anilines is 1. The maximum atomic E-state index is 13.0. The lowest BCUT2D eigenvalue weighted by Gasteiger charge is -2.34. The van der Waals surface area contributed by atoms with Crippen molar-refractivity contribution in [2.24, 2.45) is 11.8 Å². The highest BCUT2D eigenvalue weighted by Gasteiger charge is 2.31. The SMILES string of the molecule is Cc1ccc(C)c(NC(=O)COC(=O)c2ccc(S(=O)(=O)N3C[C@@H](C)C[C@H](C)C3)cc2)c1. The molecule has 1 heterocycles. The van der Waals surface area contributed by atoms with Crippen LogP contribution in [0.2, 0.25) is 0 Å². The van der Waals surface area contributed by atoms with Gasteiger partial charge in [-0.3, -0.25) is 4.79 Å². The van der Waals surface area contributed by atoms with Gasteiger partial charge in [0, 0.05) is 18.8 Å². The van der Waals surface area contributed by atoms with Crippen molar-refractivity contribution in [1.82, 2.24) is 4.31 Å². The first-order valence-corrected chi connectivity index (χ1v) is 12.1. The molecule has 2 atom stereocenters. The molecule has 3 rings (SSSR count). The molecule has 1 fully saturated rings. The fourth-order valence-electron chi connectivity index (χ4n) is 3.99. The van der Waals surface area contributed by atoms with Crippen LogP contribution >= 0.6 is 0 Å². The predicted molar refractivity (Wildman–Crippen MR) is 123 cm³/mol. The zero-order valence-electron chi connectivity index (χ0n) is 18.9. The summed E-state index contributed by atoms with van der Waals surface area (Å²) in [5.41, 5.74) is 2.77. The first-order chi connectivity index (χ1) is 15.1. The molecule has 0 unspecified atom stereocenters. The van der Waals surface area contributed by atoms with Gasteiger partial charge in [-0.05, 0) is 73.6 Å². The van der Waals surface area contributed by atoms with E-state index in [1.165, 1.54) is 28.6 Å². The molecule has 1 aliphatic rings. The maximum Gasteiger partial charge on any atom is 0.338 e. The van der Waals surface area contributed by atoms with Gasteiger partial charge in [-0.15, -0.1) is 0 Å². The Morgan fingerprint density at radius 3 is 2.28 bits per heavy atom. The average Bonchev–Trinajstić information content (AvgIpc) is 2.74. The van der Waals surface area contributed by atoms with Crippen LogP contribution in [0.3, 0.4) is 0 Å². The highest BCUT2D eigenvalue weighted by Crippen LogP contribution is 2.27. The van der Waals surface area contributed by atoms with E-state index in [0.29, 0.717) is 30.6 Å². The summed E-state index contributed by atoms with van der Waals surface area (Å²) in [7, 11) is -3.62. The molecule has 172 valence electrons. The second kappa shape index (κ2) is 9.83. The van der Waals surface area contributed by atoms with Gasteiger partial charge in [0.05, 0.1) is 10.5 Å². The van der Waals surface area contributed by atoms with Crippen molar-refractivity contribution in [3.05, 3.63) is 59.2 Å². The van der Waals surface area contributed by atoms with Gasteiger partial charge in [-0.1, -0.05) is 26.0 Å². The largest absolute Gasteiger partial charge is 0.452 e. The Hall–Kier alpha value is -2.71. The summed E-state index contributed by atoms with van der Waals surface area (Å²) in [6.07, 6.45) is 1.01. The Kier molecular flexibility index (Phi) is 7.36. The number of nitrogens with zero attached hydrogens (tertiary/aromatic N) is 1. The fourth-order valence-corrected chi connectivity index (χ4v) is 5.66. The van der Waals surface area contributed by atoms with Crippen molar-refractivity contribution < 1.29 is 22.7 Å². The summed E-state index contributed by atoms with van der Waals surface area (Å²) in [6.45, 7) is 8.45. The number of benzene rings is 2. The number of carbonyl (C=O) groups is 2. The minimum Gasteiger partial charge on any atom is -0.452 e. The Labute approximate surface area is 189 Å². The van der Waals surface area contributed by atoms with E-state index >= 15 is 0 Å². The Morgan fingerprint density at radius 1 is 1.03 bits per heavy atom. The van der Waals surface area contributed by atoms with E-state index in [1.54, 1.807) is 0 Å². The second-order valence-corrected chi connectivity index (χ2v) is 10.7. The normalized spacial score (nSPS) is 19.4. The monoisotopic (exact) mass is 458 g/mol. The lowest BCUT2D eigenvalue weighted by Crippen LogP contribution is -2.42. The number of rotatable bonds is 6. The quantitative estimate of drug-likeness (QED) is 0.666. The van der Waals surface area contributed by atoms with Crippen LogP contribution in [0.25, 0.3) is 0 Å². The molecule has 0 bridgehead atoms. The molecule has 7 nitrogen and oxygen atoms in total. The number of nitrogens with one attached hydrogen (secondary N) is 1. The third-order valence-corrected chi connectivity index (χ3v) is 7.41. The third-order valence-electron chi connectivity index (χ3n) is 5.56. The number of carbonyl (C=O) groups excluding carboxylic acids is 2. The third kappa shape index (κ3) is 5.75. The molecule has 0 radical (unpaired) electrons. The van der Waals surface area contributed by atoms with E-state index in [-0.39, 0.29) is 10.5 Å². The number of sulfonamides is 1. The lowest BCUT2D eigenvalue weighted by molar-refractivity contribution is -0.119. The van der Waals surface area contributed by atoms with Gasteiger partial charge in [0.1, 0.15) is 0 Å². The van der Waals surface area contributed by atoms with Crippen LogP contribution in [0.4, 0.5) is 5.69 Å². The standard InChI is InChI=1S/C24H30N2O5S/c1-16-5-6-19(4)22(12-16)25-23(27)15-31-24(28)20-7-9-21(10-8-20)32(29,30)26-13-17(2)11-18(3)14-26/h5-10,12,17-18H,11,13-15H2,1-4H3,(H,25,27)/t17-,18-/m0/s1. The van der Waals surface area contributed by atoms with Crippen molar-refractivity contribution in [3.8, 4) is 0 Å². The van der Waals surface area contributed by atoms with E-state index in [9.17, 15) is 18.0 Å². The van der Waals surface area contributed by atoms with Crippen LogP contribution in [-0.2, 0) is 19.6 Å². The van der Waals surface area contributed by atoms with Gasteiger partial charge in [-0.2, -0.15) is 4.31 Å². The zero-order valence-corrected chi connectivity index (χ0v) is 19.7. The van der Waals surface area contributed by atoms with Gasteiger partial charge in [-0.25, -0.2) is 13.2 Å². The number of hydrogen-bond donors (Lipinski definition) is 1. The summed E-state index contributed by atoms with van der Waals surface area (Å²) in [6, 6.07) is 11.3. The van der Waals surface area contributed by atoms with Crippen molar-refractivity contribution in [3.63, 3.8) is 0 Å². The van der Waals surface area contributed by atoms with Crippen LogP contribution in [0, 0.1) is 25.7 Å². The molecular weight excluding hydrogens is 428 g/mol. The van der Waals surface area contributed by atoms with Gasteiger partial charge < -0.3 is 10.1 Å². The highest BCUT2D eigenvalue weighted by atomic mass is 32.2. The number of esters is 1. The van der Waals surface area contributed by atoms with Gasteiger partial charge >= 0.3 is 5.97 Å². The molecule has 0 saturated carbocycles. The van der Waals surface area contributed by atoms with Gasteiger partial charge in [0.2, 0.25) is 10.0 Å². The summed E-state index contributed by atoms with van der Waals surface area (Å²) in [5.74, 6) is -0.528. The summed E-state index contributed by atoms with van der Waals surface area (Å²) >= 11 is 0. The van der Waals surface area contributed by atoms with Crippen LogP contribution in [0.15, 0.2) is 47.4 Å². The van der Waals surface area contributed by atoms with Gasteiger partial charge in [0.15, 0.2) is 6.61 Å². The molecule has 1 N–H and O–H groups in total. The van der Waals surface area contributed by atoms with Crippen molar-refractivity contribution >= 4 is 27.6 Å². The number of hydrogen-bond acceptors (Lipinski definition) is 5. The first kappa shape index (κ1) is 23.9. The molecule has 1 saturated heterocycles. The molecule has 2 aromatic rings. The van der Waals surface area contributed by atoms with E-state index in [4.69, 9.17) is 4.74 Å². The second-order valence-electron chi connectivity index (χ2n) is 8.74. The molecule has 1 aliphatic heterocycles. The lowest BCUT2D eigenvalue weighted by atomic mass is 9.94. The van der Waals surface area contributed by atoms with E-state index in [2.05, 4.69) is 5.32 Å². The number of piperidine rings is 1. The summed E-state index contributed by atoms with van der Waals surface area (Å²) in [5, 5.41) is 2.73. The molecule has 32 heavy (non-hydrogen) atoms. The zero-order chi connectivity index (χ0) is 23.5. The molecule has 1 amide bonds. The maximum absolute atomic E-state index is 13.0. The molecular formula is C24H30N2O5S. The summed E-state index contributed by atoms with van der Waals surface area (Å²) in [4.78, 5) is 24.6. The minimum atomic E-state index is -3.62. The minimum absolute atomic E-state index is 0.142. The smallest absolute Gasteiger partial charge is 0.338 e. The fraction of sp³-hybridized carbons (Fsp3) is 0.417. The van der Waals surface area contributed by atoms with Crippen LogP contribution in [0.1, 0.15) is 41.8 Å². The molecule has 8 heteroatoms. The first-order valence-electron chi connectivity index (χ1n) is 10.7. The van der Waals surface area contributed by atoms with Crippen molar-refractivity contribution in [2.75, 3.05) is 25.0 Å². The van der Waals surface area contributed by atoms with E-state index in [1.807, 2.05) is 45.9 Å². The topological polar surface area (TPSA) is 92.8 Å². The number of amides is 1. The molecule has 0 aromatic heterocycles. The molecule has 2 aromatic carbocycles. The Bertz CT molecular complexity index is 1090. The number of ether oxygens (including phenoxy) is 1. The Balaban J connectivity index is 1.60. The van der Waals surface area contributed by atoms with Crippen molar-refractivity contribution in [1.29, 1.82) is 0 Å². The van der Waals surface area contributed by atoms with E-state index in [0.717, 1.165) is 17.5 Å². The summed E-state index contributed by atoms with van der Waals surface area (Å²) < 4.78 is 32.5. The van der Waals surface area contributed by atoms with E-state index < -0.39 is 28.5 Å². The van der Waals surface area contributed by atoms with Crippen molar-refractivity contribution in [2.45, 2.75) is 39.0 Å². The van der Waals surface area contributed by atoms with Gasteiger partial charge in [0.25, 0.3) is 5.91 Å². The predicted octanol–water partition coefficient (Wildman–Crippen LogP) is 3.77. The van der Waals surface area contributed by atoms with Crippen LogP contribution in [0.5, 0.6) is 0 Å². The number of aryl methyl sites for hydroxylation is 2.